The first kappa shape index (κ1) is 13.7. The minimum absolute atomic E-state index is 0.507. The van der Waals surface area contributed by atoms with E-state index in [-0.39, 0.29) is 0 Å². The molecule has 1 aliphatic carbocycles. The predicted molar refractivity (Wildman–Crippen MR) is 76.4 cm³/mol. The Kier molecular flexibility index (Phi) is 4.51. The van der Waals surface area contributed by atoms with Gasteiger partial charge in [-0.25, -0.2) is 0 Å². The standard InChI is InChI=1S/C14H20BrNO2/c1-17-12-7-6-11(14(18-2)13(12)15)10-5-3-4-9(10)8-16/h6-7,9-10H,3-5,8,16H2,1-2H3. The van der Waals surface area contributed by atoms with Crippen molar-refractivity contribution in [2.45, 2.75) is 25.2 Å². The first-order chi connectivity index (χ1) is 8.72. The van der Waals surface area contributed by atoms with Gasteiger partial charge >= 0.3 is 0 Å². The molecule has 100 valence electrons. The Bertz CT molecular complexity index is 423. The van der Waals surface area contributed by atoms with Crippen molar-refractivity contribution in [2.24, 2.45) is 11.7 Å². The van der Waals surface area contributed by atoms with Crippen LogP contribution in [0.2, 0.25) is 0 Å². The minimum atomic E-state index is 0.507. The van der Waals surface area contributed by atoms with E-state index in [1.54, 1.807) is 14.2 Å². The zero-order chi connectivity index (χ0) is 13.1. The quantitative estimate of drug-likeness (QED) is 0.927. The molecule has 0 aromatic heterocycles. The van der Waals surface area contributed by atoms with Gasteiger partial charge in [0, 0.05) is 0 Å². The fraction of sp³-hybridized carbons (Fsp3) is 0.571. The van der Waals surface area contributed by atoms with E-state index in [0.717, 1.165) is 22.5 Å². The van der Waals surface area contributed by atoms with Gasteiger partial charge in [0.15, 0.2) is 0 Å². The topological polar surface area (TPSA) is 44.5 Å². The van der Waals surface area contributed by atoms with E-state index in [1.165, 1.54) is 24.8 Å². The lowest BCUT2D eigenvalue weighted by atomic mass is 9.88. The molecule has 1 saturated carbocycles. The molecule has 0 amide bonds. The molecule has 18 heavy (non-hydrogen) atoms. The summed E-state index contributed by atoms with van der Waals surface area (Å²) in [5.74, 6) is 2.77. The van der Waals surface area contributed by atoms with Crippen molar-refractivity contribution in [1.82, 2.24) is 0 Å². The van der Waals surface area contributed by atoms with Crippen molar-refractivity contribution in [3.05, 3.63) is 22.2 Å². The van der Waals surface area contributed by atoms with Gasteiger partial charge in [0.2, 0.25) is 0 Å². The van der Waals surface area contributed by atoms with Gasteiger partial charge in [0.05, 0.1) is 14.2 Å². The maximum Gasteiger partial charge on any atom is 0.140 e. The normalized spacial score (nSPS) is 23.1. The maximum absolute atomic E-state index is 5.87. The van der Waals surface area contributed by atoms with Gasteiger partial charge < -0.3 is 15.2 Å². The number of benzene rings is 1. The number of halogens is 1. The summed E-state index contributed by atoms with van der Waals surface area (Å²) in [6.07, 6.45) is 3.66. The molecule has 1 aromatic rings. The molecule has 0 bridgehead atoms. The van der Waals surface area contributed by atoms with Crippen LogP contribution in [0.25, 0.3) is 0 Å². The third-order valence-corrected chi connectivity index (χ3v) is 4.63. The highest BCUT2D eigenvalue weighted by Crippen LogP contribution is 2.47. The van der Waals surface area contributed by atoms with Crippen LogP contribution < -0.4 is 15.2 Å². The van der Waals surface area contributed by atoms with Gasteiger partial charge in [0.25, 0.3) is 0 Å². The molecule has 3 nitrogen and oxygen atoms in total. The highest BCUT2D eigenvalue weighted by Gasteiger charge is 2.30. The van der Waals surface area contributed by atoms with Crippen LogP contribution in [0, 0.1) is 5.92 Å². The average Bonchev–Trinajstić information content (AvgIpc) is 2.86. The first-order valence-corrected chi connectivity index (χ1v) is 7.12. The second-order valence-electron chi connectivity index (χ2n) is 4.74. The molecule has 0 saturated heterocycles. The van der Waals surface area contributed by atoms with E-state index in [1.807, 2.05) is 6.07 Å². The fourth-order valence-corrected chi connectivity index (χ4v) is 3.62. The molecule has 2 N–H and O–H groups in total. The molecule has 4 heteroatoms. The van der Waals surface area contributed by atoms with E-state index in [4.69, 9.17) is 15.2 Å². The zero-order valence-corrected chi connectivity index (χ0v) is 12.5. The summed E-state index contributed by atoms with van der Waals surface area (Å²) in [4.78, 5) is 0. The van der Waals surface area contributed by atoms with Crippen molar-refractivity contribution in [3.63, 3.8) is 0 Å². The summed E-state index contributed by atoms with van der Waals surface area (Å²) in [7, 11) is 3.37. The van der Waals surface area contributed by atoms with Crippen molar-refractivity contribution in [2.75, 3.05) is 20.8 Å². The Morgan fingerprint density at radius 3 is 2.67 bits per heavy atom. The van der Waals surface area contributed by atoms with Crippen LogP contribution in [0.4, 0.5) is 0 Å². The third-order valence-electron chi connectivity index (χ3n) is 3.88. The molecular weight excluding hydrogens is 294 g/mol. The van der Waals surface area contributed by atoms with Crippen LogP contribution in [-0.4, -0.2) is 20.8 Å². The number of methoxy groups -OCH3 is 2. The maximum atomic E-state index is 5.87. The van der Waals surface area contributed by atoms with E-state index in [9.17, 15) is 0 Å². The molecule has 1 aromatic carbocycles. The van der Waals surface area contributed by atoms with Crippen LogP contribution in [0.1, 0.15) is 30.7 Å². The van der Waals surface area contributed by atoms with E-state index < -0.39 is 0 Å². The Hall–Kier alpha value is -0.740. The third kappa shape index (κ3) is 2.36. The van der Waals surface area contributed by atoms with Gasteiger partial charge in [-0.3, -0.25) is 0 Å². The summed E-state index contributed by atoms with van der Waals surface area (Å²) < 4.78 is 11.8. The molecule has 2 rings (SSSR count). The molecule has 0 heterocycles. The molecule has 0 aliphatic heterocycles. The number of hydrogen-bond acceptors (Lipinski definition) is 3. The molecule has 0 spiro atoms. The summed E-state index contributed by atoms with van der Waals surface area (Å²) in [5.41, 5.74) is 7.12. The second kappa shape index (κ2) is 5.93. The minimum Gasteiger partial charge on any atom is -0.495 e. The van der Waals surface area contributed by atoms with Crippen molar-refractivity contribution in [3.8, 4) is 11.5 Å². The van der Waals surface area contributed by atoms with Crippen LogP contribution in [0.5, 0.6) is 11.5 Å². The fourth-order valence-electron chi connectivity index (χ4n) is 2.94. The summed E-state index contributed by atoms with van der Waals surface area (Å²) >= 11 is 3.56. The molecule has 2 atom stereocenters. The van der Waals surface area contributed by atoms with Gasteiger partial charge in [-0.2, -0.15) is 0 Å². The van der Waals surface area contributed by atoms with Gasteiger partial charge in [-0.05, 0) is 58.8 Å². The molecule has 2 unspecified atom stereocenters. The Labute approximate surface area is 117 Å². The molecular formula is C14H20BrNO2. The molecule has 1 fully saturated rings. The molecule has 0 radical (unpaired) electrons. The Morgan fingerprint density at radius 2 is 2.06 bits per heavy atom. The van der Waals surface area contributed by atoms with Crippen molar-refractivity contribution < 1.29 is 9.47 Å². The Morgan fingerprint density at radius 1 is 1.28 bits per heavy atom. The monoisotopic (exact) mass is 313 g/mol. The number of ether oxygens (including phenoxy) is 2. The number of rotatable bonds is 4. The van der Waals surface area contributed by atoms with Crippen molar-refractivity contribution >= 4 is 15.9 Å². The smallest absolute Gasteiger partial charge is 0.140 e. The highest BCUT2D eigenvalue weighted by molar-refractivity contribution is 9.10. The lowest BCUT2D eigenvalue weighted by molar-refractivity contribution is 0.378. The summed E-state index contributed by atoms with van der Waals surface area (Å²) in [6, 6.07) is 4.11. The predicted octanol–water partition coefficient (Wildman–Crippen LogP) is 3.31. The van der Waals surface area contributed by atoms with Gasteiger partial charge in [-0.1, -0.05) is 12.5 Å². The lowest BCUT2D eigenvalue weighted by Gasteiger charge is -2.22. The molecule has 1 aliphatic rings. The summed E-state index contributed by atoms with van der Waals surface area (Å²) in [5, 5.41) is 0. The number of hydrogen-bond donors (Lipinski definition) is 1. The number of nitrogens with two attached hydrogens (primary N) is 1. The average molecular weight is 314 g/mol. The zero-order valence-electron chi connectivity index (χ0n) is 10.9. The summed E-state index contributed by atoms with van der Waals surface area (Å²) in [6.45, 7) is 0.747. The highest BCUT2D eigenvalue weighted by atomic mass is 79.9. The van der Waals surface area contributed by atoms with Gasteiger partial charge in [0.1, 0.15) is 16.0 Å². The lowest BCUT2D eigenvalue weighted by Crippen LogP contribution is -2.17. The van der Waals surface area contributed by atoms with Gasteiger partial charge in [-0.15, -0.1) is 0 Å². The van der Waals surface area contributed by atoms with Crippen LogP contribution in [-0.2, 0) is 0 Å². The second-order valence-corrected chi connectivity index (χ2v) is 5.53. The SMILES string of the molecule is COc1ccc(C2CCCC2CN)c(OC)c1Br. The van der Waals surface area contributed by atoms with E-state index in [2.05, 4.69) is 22.0 Å². The van der Waals surface area contributed by atoms with E-state index in [0.29, 0.717) is 11.8 Å². The van der Waals surface area contributed by atoms with Crippen molar-refractivity contribution in [1.29, 1.82) is 0 Å². The van der Waals surface area contributed by atoms with E-state index >= 15 is 0 Å². The van der Waals surface area contributed by atoms with Crippen LogP contribution in [0.3, 0.4) is 0 Å². The largest absolute Gasteiger partial charge is 0.495 e. The van der Waals surface area contributed by atoms with Crippen LogP contribution >= 0.6 is 15.9 Å². The Balaban J connectivity index is 2.41. The first-order valence-electron chi connectivity index (χ1n) is 6.33. The van der Waals surface area contributed by atoms with Crippen LogP contribution in [0.15, 0.2) is 16.6 Å².